The van der Waals surface area contributed by atoms with Gasteiger partial charge in [-0.3, -0.25) is 0 Å². The number of nitrogens with zero attached hydrogens (tertiary/aromatic N) is 1. The van der Waals surface area contributed by atoms with Gasteiger partial charge in [0.25, 0.3) is 0 Å². The van der Waals surface area contributed by atoms with E-state index < -0.39 is 0 Å². The van der Waals surface area contributed by atoms with Crippen LogP contribution in [0.1, 0.15) is 52.4 Å². The maximum atomic E-state index is 6.05. The Bertz CT molecular complexity index is 327. The Morgan fingerprint density at radius 3 is 2.80 bits per heavy atom. The van der Waals surface area contributed by atoms with Gasteiger partial charge in [0.15, 0.2) is 0 Å². The van der Waals surface area contributed by atoms with Crippen LogP contribution in [0, 0.1) is 11.3 Å². The van der Waals surface area contributed by atoms with E-state index in [1.807, 2.05) is 0 Å². The van der Waals surface area contributed by atoms with Crippen LogP contribution in [0.3, 0.4) is 0 Å². The van der Waals surface area contributed by atoms with Crippen molar-refractivity contribution < 1.29 is 4.74 Å². The highest BCUT2D eigenvalue weighted by molar-refractivity contribution is 5.16. The van der Waals surface area contributed by atoms with Crippen LogP contribution in [0.25, 0.3) is 0 Å². The largest absolute Gasteiger partial charge is 0.377 e. The lowest BCUT2D eigenvalue weighted by atomic mass is 9.54. The molecule has 1 saturated heterocycles. The zero-order valence-corrected chi connectivity index (χ0v) is 13.5. The van der Waals surface area contributed by atoms with Crippen molar-refractivity contribution in [2.45, 2.75) is 70.6 Å². The molecule has 1 aliphatic heterocycles. The van der Waals surface area contributed by atoms with Crippen molar-refractivity contribution in [3.05, 3.63) is 0 Å². The van der Waals surface area contributed by atoms with Crippen LogP contribution in [0.5, 0.6) is 0 Å². The van der Waals surface area contributed by atoms with Crippen molar-refractivity contribution in [3.63, 3.8) is 0 Å². The molecule has 3 nitrogen and oxygen atoms in total. The van der Waals surface area contributed by atoms with Gasteiger partial charge in [-0.05, 0) is 39.7 Å². The third kappa shape index (κ3) is 2.32. The van der Waals surface area contributed by atoms with Crippen LogP contribution in [-0.4, -0.2) is 49.8 Å². The van der Waals surface area contributed by atoms with Gasteiger partial charge in [0.1, 0.15) is 0 Å². The molecule has 3 aliphatic rings. The van der Waals surface area contributed by atoms with E-state index in [9.17, 15) is 0 Å². The van der Waals surface area contributed by atoms with Crippen LogP contribution < -0.4 is 5.32 Å². The highest BCUT2D eigenvalue weighted by Gasteiger charge is 2.64. The second kappa shape index (κ2) is 5.94. The van der Waals surface area contributed by atoms with Gasteiger partial charge >= 0.3 is 0 Å². The first-order valence-corrected chi connectivity index (χ1v) is 8.74. The summed E-state index contributed by atoms with van der Waals surface area (Å²) in [5.41, 5.74) is 0.510. The van der Waals surface area contributed by atoms with Crippen molar-refractivity contribution in [3.8, 4) is 0 Å². The zero-order valence-electron chi connectivity index (χ0n) is 13.5. The summed E-state index contributed by atoms with van der Waals surface area (Å²) in [6.07, 6.45) is 8.73. The molecule has 1 heterocycles. The molecule has 2 saturated carbocycles. The summed E-state index contributed by atoms with van der Waals surface area (Å²) < 4.78 is 6.05. The maximum absolute atomic E-state index is 6.05. The fraction of sp³-hybridized carbons (Fsp3) is 1.00. The molecule has 20 heavy (non-hydrogen) atoms. The predicted molar refractivity (Wildman–Crippen MR) is 82.9 cm³/mol. The predicted octanol–water partition coefficient (Wildman–Crippen LogP) is 2.65. The zero-order chi connectivity index (χ0) is 14.2. The van der Waals surface area contributed by atoms with Gasteiger partial charge in [-0.15, -0.1) is 0 Å². The molecule has 1 N–H and O–H groups in total. The summed E-state index contributed by atoms with van der Waals surface area (Å²) in [7, 11) is 2.25. The van der Waals surface area contributed by atoms with Crippen LogP contribution in [-0.2, 0) is 4.74 Å². The number of ether oxygens (including phenoxy) is 1. The van der Waals surface area contributed by atoms with E-state index in [-0.39, 0.29) is 0 Å². The van der Waals surface area contributed by atoms with Gasteiger partial charge in [-0.1, -0.05) is 19.8 Å². The van der Waals surface area contributed by atoms with E-state index in [1.54, 1.807) is 0 Å². The fourth-order valence-corrected chi connectivity index (χ4v) is 4.94. The van der Waals surface area contributed by atoms with E-state index in [2.05, 4.69) is 31.1 Å². The highest BCUT2D eigenvalue weighted by atomic mass is 16.5. The topological polar surface area (TPSA) is 24.5 Å². The Labute approximate surface area is 124 Å². The Hall–Kier alpha value is -0.120. The van der Waals surface area contributed by atoms with Gasteiger partial charge in [-0.25, -0.2) is 0 Å². The molecule has 0 amide bonds. The highest BCUT2D eigenvalue weighted by Crippen LogP contribution is 2.60. The number of likely N-dealkylation sites (N-methyl/N-ethyl adjacent to an activating group) is 1. The third-order valence-corrected chi connectivity index (χ3v) is 6.46. The van der Waals surface area contributed by atoms with Crippen molar-refractivity contribution >= 4 is 0 Å². The normalized spacial score (nSPS) is 36.3. The van der Waals surface area contributed by atoms with Gasteiger partial charge in [0.2, 0.25) is 0 Å². The van der Waals surface area contributed by atoms with Crippen LogP contribution in [0.15, 0.2) is 0 Å². The SMILES string of the molecule is CC[C@H](C)N(C)CCN[C@@H]1[C@@H]2CCO[C@H]2C12CCCC2. The number of hydrogen-bond donors (Lipinski definition) is 1. The van der Waals surface area contributed by atoms with Crippen LogP contribution >= 0.6 is 0 Å². The average Bonchev–Trinajstić information content (AvgIpc) is 3.10. The Morgan fingerprint density at radius 2 is 2.10 bits per heavy atom. The molecular weight excluding hydrogens is 248 g/mol. The summed E-state index contributed by atoms with van der Waals surface area (Å²) in [6.45, 7) is 7.90. The summed E-state index contributed by atoms with van der Waals surface area (Å²) in [5, 5.41) is 3.91. The lowest BCUT2D eigenvalue weighted by molar-refractivity contribution is -0.130. The van der Waals surface area contributed by atoms with E-state index in [0.29, 0.717) is 17.6 Å². The lowest BCUT2D eigenvalue weighted by Gasteiger charge is -2.57. The third-order valence-electron chi connectivity index (χ3n) is 6.46. The minimum absolute atomic E-state index is 0.510. The summed E-state index contributed by atoms with van der Waals surface area (Å²) in [5.74, 6) is 0.807. The van der Waals surface area contributed by atoms with Crippen molar-refractivity contribution in [1.29, 1.82) is 0 Å². The van der Waals surface area contributed by atoms with Crippen molar-refractivity contribution in [2.75, 3.05) is 26.7 Å². The molecule has 116 valence electrons. The quantitative estimate of drug-likeness (QED) is 0.809. The molecule has 4 atom stereocenters. The molecule has 0 aromatic carbocycles. The first-order chi connectivity index (χ1) is 9.69. The molecule has 0 bridgehead atoms. The van der Waals surface area contributed by atoms with E-state index in [4.69, 9.17) is 4.74 Å². The molecule has 0 aromatic heterocycles. The monoisotopic (exact) mass is 280 g/mol. The van der Waals surface area contributed by atoms with Gasteiger partial charge < -0.3 is 15.0 Å². The first kappa shape index (κ1) is 14.8. The Balaban J connectivity index is 1.52. The number of hydrogen-bond acceptors (Lipinski definition) is 3. The van der Waals surface area contributed by atoms with Crippen molar-refractivity contribution in [2.24, 2.45) is 11.3 Å². The minimum Gasteiger partial charge on any atom is -0.377 e. The van der Waals surface area contributed by atoms with Gasteiger partial charge in [0, 0.05) is 43.1 Å². The standard InChI is InChI=1S/C17H32N2O/c1-4-13(2)19(3)11-10-18-15-14-7-12-20-16(14)17(15)8-5-6-9-17/h13-16,18H,4-12H2,1-3H3/t13-,14-,15+,16+/m0/s1. The van der Waals surface area contributed by atoms with E-state index in [1.165, 1.54) is 45.1 Å². The number of fused-ring (bicyclic) bond motifs is 2. The maximum Gasteiger partial charge on any atom is 0.0690 e. The summed E-state index contributed by atoms with van der Waals surface area (Å²) in [6, 6.07) is 1.43. The second-order valence-corrected chi connectivity index (χ2v) is 7.35. The lowest BCUT2D eigenvalue weighted by Crippen LogP contribution is -2.67. The van der Waals surface area contributed by atoms with Crippen LogP contribution in [0.4, 0.5) is 0 Å². The van der Waals surface area contributed by atoms with Gasteiger partial charge in [-0.2, -0.15) is 0 Å². The fourth-order valence-electron chi connectivity index (χ4n) is 4.94. The van der Waals surface area contributed by atoms with E-state index >= 15 is 0 Å². The summed E-state index contributed by atoms with van der Waals surface area (Å²) >= 11 is 0. The minimum atomic E-state index is 0.510. The molecule has 3 heteroatoms. The van der Waals surface area contributed by atoms with Crippen molar-refractivity contribution in [1.82, 2.24) is 10.2 Å². The number of rotatable bonds is 6. The molecule has 0 unspecified atom stereocenters. The van der Waals surface area contributed by atoms with Gasteiger partial charge in [0.05, 0.1) is 6.10 Å². The molecular formula is C17H32N2O. The Kier molecular flexibility index (Phi) is 4.40. The first-order valence-electron chi connectivity index (χ1n) is 8.74. The van der Waals surface area contributed by atoms with Crippen LogP contribution in [0.2, 0.25) is 0 Å². The Morgan fingerprint density at radius 1 is 1.35 bits per heavy atom. The number of nitrogens with one attached hydrogen (secondary N) is 1. The molecule has 1 spiro atoms. The van der Waals surface area contributed by atoms with E-state index in [0.717, 1.165) is 25.1 Å². The second-order valence-electron chi connectivity index (χ2n) is 7.35. The molecule has 3 rings (SSSR count). The smallest absolute Gasteiger partial charge is 0.0690 e. The average molecular weight is 280 g/mol. The summed E-state index contributed by atoms with van der Waals surface area (Å²) in [4.78, 5) is 2.48. The molecule has 3 fully saturated rings. The molecule has 0 aromatic rings. The molecule has 0 radical (unpaired) electrons. The molecule has 2 aliphatic carbocycles.